The lowest BCUT2D eigenvalue weighted by molar-refractivity contribution is 0.584. The molecule has 5 aromatic rings. The molecule has 3 aromatic carbocycles. The Morgan fingerprint density at radius 1 is 0.538 bits per heavy atom. The third-order valence-electron chi connectivity index (χ3n) is 5.54. The average molecular weight is 555 g/mol. The van der Waals surface area contributed by atoms with Gasteiger partial charge in [-0.1, -0.05) is 29.8 Å². The highest BCUT2D eigenvalue weighted by Gasteiger charge is 2.10. The standard InChI is InChI=1S/C32H23ClF4N2/c33-24-14-22(3-1-20-5-11-31(38-18-20)27-9-7-25(34)16-29(27)36)13-23(15-24)4-2-21-6-12-32(39-19-21)28-10-8-26(35)17-30(28)37/h5-19H,1-4H2/i1D2,2D2,3D2,4D2. The Bertz CT molecular complexity index is 1820. The largest absolute Gasteiger partial charge is 0.256 e. The van der Waals surface area contributed by atoms with Crippen LogP contribution < -0.4 is 0 Å². The van der Waals surface area contributed by atoms with Crippen LogP contribution in [0.25, 0.3) is 22.5 Å². The molecule has 2 aromatic heterocycles. The van der Waals surface area contributed by atoms with Crippen molar-refractivity contribution in [1.82, 2.24) is 9.97 Å². The lowest BCUT2D eigenvalue weighted by Gasteiger charge is -2.09. The number of hydrogen-bond donors (Lipinski definition) is 0. The minimum Gasteiger partial charge on any atom is -0.256 e. The van der Waals surface area contributed by atoms with Crippen molar-refractivity contribution in [2.75, 3.05) is 0 Å². The molecule has 0 bridgehead atoms. The monoisotopic (exact) mass is 554 g/mol. The Morgan fingerprint density at radius 3 is 1.36 bits per heavy atom. The van der Waals surface area contributed by atoms with Crippen LogP contribution in [0.1, 0.15) is 33.2 Å². The summed E-state index contributed by atoms with van der Waals surface area (Å²) in [5.41, 5.74) is -1.32. The molecule has 39 heavy (non-hydrogen) atoms. The third-order valence-corrected chi connectivity index (χ3v) is 5.76. The summed E-state index contributed by atoms with van der Waals surface area (Å²) in [6, 6.07) is 13.8. The van der Waals surface area contributed by atoms with E-state index in [1.165, 1.54) is 24.3 Å². The second-order valence-electron chi connectivity index (χ2n) is 8.34. The van der Waals surface area contributed by atoms with E-state index in [4.69, 9.17) is 22.6 Å². The van der Waals surface area contributed by atoms with Gasteiger partial charge in [-0.2, -0.15) is 0 Å². The van der Waals surface area contributed by atoms with Crippen LogP contribution in [0.4, 0.5) is 17.6 Å². The van der Waals surface area contributed by atoms with Crippen LogP contribution in [0.2, 0.25) is 5.02 Å². The first-order valence-electron chi connectivity index (χ1n) is 15.5. The van der Waals surface area contributed by atoms with Crippen molar-refractivity contribution < 1.29 is 28.5 Å². The number of aryl methyl sites for hydroxylation is 4. The van der Waals surface area contributed by atoms with E-state index in [0.29, 0.717) is 12.1 Å². The van der Waals surface area contributed by atoms with Crippen molar-refractivity contribution in [2.24, 2.45) is 0 Å². The maximum Gasteiger partial charge on any atom is 0.135 e. The van der Waals surface area contributed by atoms with Crippen LogP contribution in [0, 0.1) is 23.3 Å². The fraction of sp³-hybridized carbons (Fsp3) is 0.125. The molecule has 0 aliphatic carbocycles. The summed E-state index contributed by atoms with van der Waals surface area (Å²) in [6.45, 7) is 0. The quantitative estimate of drug-likeness (QED) is 0.179. The molecule has 0 amide bonds. The van der Waals surface area contributed by atoms with Gasteiger partial charge in [-0.15, -0.1) is 0 Å². The molecule has 2 nitrogen and oxygen atoms in total. The number of benzene rings is 3. The van der Waals surface area contributed by atoms with Crippen LogP contribution in [0.15, 0.2) is 91.3 Å². The van der Waals surface area contributed by atoms with Crippen molar-refractivity contribution in [1.29, 1.82) is 0 Å². The topological polar surface area (TPSA) is 25.8 Å². The van der Waals surface area contributed by atoms with E-state index in [0.717, 1.165) is 54.9 Å². The SMILES string of the molecule is [2H]C([2H])(c1ccc(-c2ccc(F)cc2F)nc1)C([2H])([2H])c1cc(Cl)cc(C([2H])([2H])C([2H])([2H])c2ccc(-c3ccc(F)cc3F)nc2)c1. The molecule has 196 valence electrons. The second-order valence-corrected chi connectivity index (χ2v) is 8.78. The molecule has 0 atom stereocenters. The summed E-state index contributed by atoms with van der Waals surface area (Å²) in [6.07, 6.45) is -9.39. The molecule has 0 aliphatic heterocycles. The summed E-state index contributed by atoms with van der Waals surface area (Å²) >= 11 is 6.26. The fourth-order valence-electron chi connectivity index (χ4n) is 3.67. The van der Waals surface area contributed by atoms with E-state index < -0.39 is 59.9 Å². The second kappa shape index (κ2) is 11.8. The maximum atomic E-state index is 14.2. The predicted molar refractivity (Wildman–Crippen MR) is 145 cm³/mol. The van der Waals surface area contributed by atoms with Gasteiger partial charge in [0.15, 0.2) is 0 Å². The van der Waals surface area contributed by atoms with Crippen LogP contribution in [0.3, 0.4) is 0 Å². The number of pyridine rings is 2. The summed E-state index contributed by atoms with van der Waals surface area (Å²) in [7, 11) is 0. The molecule has 0 fully saturated rings. The zero-order valence-electron chi connectivity index (χ0n) is 27.9. The number of rotatable bonds is 8. The Hall–Kier alpha value is -4.03. The predicted octanol–water partition coefficient (Wildman–Crippen LogP) is 8.59. The van der Waals surface area contributed by atoms with E-state index in [-0.39, 0.29) is 38.7 Å². The first kappa shape index (κ1) is 18.3. The van der Waals surface area contributed by atoms with Gasteiger partial charge < -0.3 is 0 Å². The maximum absolute atomic E-state index is 14.2. The van der Waals surface area contributed by atoms with Gasteiger partial charge >= 0.3 is 0 Å². The molecule has 5 rings (SSSR count). The number of halogens is 5. The summed E-state index contributed by atoms with van der Waals surface area (Å²) in [5.74, 6) is -3.37. The van der Waals surface area contributed by atoms with Gasteiger partial charge in [-0.3, -0.25) is 9.97 Å². The van der Waals surface area contributed by atoms with Crippen LogP contribution in [-0.4, -0.2) is 9.97 Å². The molecule has 0 unspecified atom stereocenters. The van der Waals surface area contributed by atoms with Gasteiger partial charge in [0.05, 0.1) is 11.4 Å². The molecular formula is C32H23ClF4N2. The highest BCUT2D eigenvalue weighted by Crippen LogP contribution is 2.24. The van der Waals surface area contributed by atoms with Crippen LogP contribution in [0.5, 0.6) is 0 Å². The minimum atomic E-state index is -2.89. The van der Waals surface area contributed by atoms with Crippen molar-refractivity contribution in [2.45, 2.75) is 25.5 Å². The summed E-state index contributed by atoms with van der Waals surface area (Å²) in [4.78, 5) is 8.08. The number of hydrogen-bond acceptors (Lipinski definition) is 2. The fourth-order valence-corrected chi connectivity index (χ4v) is 3.91. The van der Waals surface area contributed by atoms with E-state index in [9.17, 15) is 17.6 Å². The minimum absolute atomic E-state index is 0.0494. The molecular weight excluding hydrogens is 524 g/mol. The highest BCUT2D eigenvalue weighted by molar-refractivity contribution is 6.30. The van der Waals surface area contributed by atoms with Gasteiger partial charge in [0, 0.05) is 51.6 Å². The van der Waals surface area contributed by atoms with Crippen molar-refractivity contribution in [3.05, 3.63) is 142 Å². The molecule has 0 aliphatic rings. The molecule has 0 saturated heterocycles. The van der Waals surface area contributed by atoms with E-state index >= 15 is 0 Å². The Kier molecular flexibility index (Phi) is 5.53. The van der Waals surface area contributed by atoms with E-state index in [1.54, 1.807) is 0 Å². The van der Waals surface area contributed by atoms with Gasteiger partial charge in [-0.05, 0) is 96.3 Å². The number of nitrogens with zero attached hydrogens (tertiary/aromatic N) is 2. The Morgan fingerprint density at radius 2 is 0.974 bits per heavy atom. The lowest BCUT2D eigenvalue weighted by atomic mass is 9.99. The Labute approximate surface area is 240 Å². The average Bonchev–Trinajstić information content (AvgIpc) is 3.01. The number of aromatic nitrogens is 2. The normalized spacial score (nSPS) is 15.6. The molecule has 0 saturated carbocycles. The van der Waals surface area contributed by atoms with Crippen molar-refractivity contribution in [3.8, 4) is 22.5 Å². The van der Waals surface area contributed by atoms with Gasteiger partial charge in [0.2, 0.25) is 0 Å². The molecule has 0 radical (unpaired) electrons. The van der Waals surface area contributed by atoms with Crippen LogP contribution in [-0.2, 0) is 25.5 Å². The first-order valence-corrected chi connectivity index (χ1v) is 11.9. The first-order chi connectivity index (χ1) is 21.9. The lowest BCUT2D eigenvalue weighted by Crippen LogP contribution is -1.97. The van der Waals surface area contributed by atoms with Crippen molar-refractivity contribution >= 4 is 11.6 Å². The van der Waals surface area contributed by atoms with Gasteiger partial charge in [0.1, 0.15) is 23.3 Å². The molecule has 2 heterocycles. The molecule has 7 heteroatoms. The van der Waals surface area contributed by atoms with E-state index in [2.05, 4.69) is 9.97 Å². The highest BCUT2D eigenvalue weighted by atomic mass is 35.5. The Balaban J connectivity index is 1.47. The molecule has 0 spiro atoms. The smallest absolute Gasteiger partial charge is 0.135 e. The van der Waals surface area contributed by atoms with Crippen molar-refractivity contribution in [3.63, 3.8) is 0 Å². The third kappa shape index (κ3) is 6.70. The van der Waals surface area contributed by atoms with Gasteiger partial charge in [0.25, 0.3) is 0 Å². The zero-order valence-corrected chi connectivity index (χ0v) is 20.7. The summed E-state index contributed by atoms with van der Waals surface area (Å²) < 4.78 is 125. The van der Waals surface area contributed by atoms with Gasteiger partial charge in [-0.25, -0.2) is 17.6 Å². The summed E-state index contributed by atoms with van der Waals surface area (Å²) in [5, 5.41) is -0.197. The van der Waals surface area contributed by atoms with E-state index in [1.807, 2.05) is 0 Å². The van der Waals surface area contributed by atoms with Crippen LogP contribution >= 0.6 is 11.6 Å². The zero-order chi connectivity index (χ0) is 34.5. The molecule has 0 N–H and O–H groups in total.